The number of nitro benzene ring substituents is 1. The van der Waals surface area contributed by atoms with Gasteiger partial charge in [0, 0.05) is 11.6 Å². The third-order valence-electron chi connectivity index (χ3n) is 2.54. The first-order valence-corrected chi connectivity index (χ1v) is 7.52. The van der Waals surface area contributed by atoms with Gasteiger partial charge in [0.1, 0.15) is 13.2 Å². The highest BCUT2D eigenvalue weighted by molar-refractivity contribution is 9.10. The van der Waals surface area contributed by atoms with Crippen molar-refractivity contribution in [2.24, 2.45) is 0 Å². The Balaban J connectivity index is 2.21. The summed E-state index contributed by atoms with van der Waals surface area (Å²) in [7, 11) is 0. The molecule has 0 aliphatic rings. The van der Waals surface area contributed by atoms with E-state index in [1.807, 2.05) is 11.4 Å². The lowest BCUT2D eigenvalue weighted by Crippen LogP contribution is -1.99. The highest BCUT2D eigenvalue weighted by atomic mass is 79.9. The summed E-state index contributed by atoms with van der Waals surface area (Å²) in [6, 6.07) is 6.48. The van der Waals surface area contributed by atoms with E-state index in [1.54, 1.807) is 12.1 Å². The molecule has 1 N–H and O–H groups in total. The molecule has 0 saturated carbocycles. The first-order chi connectivity index (χ1) is 10.1. The van der Waals surface area contributed by atoms with Crippen molar-refractivity contribution >= 4 is 33.0 Å². The van der Waals surface area contributed by atoms with E-state index in [0.29, 0.717) is 4.47 Å². The molecule has 0 radical (unpaired) electrons. The Kier molecular flexibility index (Phi) is 5.33. The maximum absolute atomic E-state index is 11.0. The second kappa shape index (κ2) is 7.22. The molecule has 0 spiro atoms. The van der Waals surface area contributed by atoms with Crippen LogP contribution in [0, 0.1) is 22.0 Å². The second-order valence-electron chi connectivity index (χ2n) is 3.85. The molecule has 1 heterocycles. The normalized spacial score (nSPS) is 9.81. The number of rotatable bonds is 4. The average Bonchev–Trinajstić information content (AvgIpc) is 2.90. The molecule has 0 atom stereocenters. The van der Waals surface area contributed by atoms with Gasteiger partial charge in [-0.3, -0.25) is 10.1 Å². The lowest BCUT2D eigenvalue weighted by Gasteiger charge is -2.07. The predicted molar refractivity (Wildman–Crippen MR) is 83.4 cm³/mol. The summed E-state index contributed by atoms with van der Waals surface area (Å²) in [4.78, 5) is 11.4. The molecule has 108 valence electrons. The summed E-state index contributed by atoms with van der Waals surface area (Å²) in [6.07, 6.45) is 0. The molecule has 0 aliphatic heterocycles. The highest BCUT2D eigenvalue weighted by Gasteiger charge is 2.18. The van der Waals surface area contributed by atoms with E-state index < -0.39 is 4.92 Å². The van der Waals surface area contributed by atoms with Gasteiger partial charge in [-0.15, -0.1) is 11.3 Å². The van der Waals surface area contributed by atoms with Gasteiger partial charge in [0.05, 0.1) is 14.3 Å². The standard InChI is InChI=1S/C14H10BrNO4S/c15-11-4-1-5-12(16(18)19)14(11)20-9-13-10(3-2-7-17)6-8-21-13/h1,4-6,8,17H,7,9H2. The van der Waals surface area contributed by atoms with Gasteiger partial charge in [-0.1, -0.05) is 17.9 Å². The van der Waals surface area contributed by atoms with Gasteiger partial charge in [-0.25, -0.2) is 0 Å². The van der Waals surface area contributed by atoms with E-state index in [0.717, 1.165) is 10.4 Å². The summed E-state index contributed by atoms with van der Waals surface area (Å²) in [5.41, 5.74) is 0.660. The zero-order valence-corrected chi connectivity index (χ0v) is 13.1. The predicted octanol–water partition coefficient (Wildman–Crippen LogP) is 3.34. The van der Waals surface area contributed by atoms with Crippen molar-refractivity contribution in [3.05, 3.63) is 54.7 Å². The number of aliphatic hydroxyl groups is 1. The maximum Gasteiger partial charge on any atom is 0.312 e. The van der Waals surface area contributed by atoms with Crippen LogP contribution in [0.25, 0.3) is 0 Å². The lowest BCUT2D eigenvalue weighted by atomic mass is 10.2. The van der Waals surface area contributed by atoms with Crippen molar-refractivity contribution in [1.82, 2.24) is 0 Å². The minimum Gasteiger partial charge on any atom is -0.480 e. The van der Waals surface area contributed by atoms with E-state index in [2.05, 4.69) is 27.8 Å². The van der Waals surface area contributed by atoms with E-state index in [9.17, 15) is 10.1 Å². The third kappa shape index (κ3) is 3.82. The molecular weight excluding hydrogens is 358 g/mol. The topological polar surface area (TPSA) is 72.6 Å². The van der Waals surface area contributed by atoms with Gasteiger partial charge >= 0.3 is 5.69 Å². The molecule has 0 amide bonds. The van der Waals surface area contributed by atoms with Crippen LogP contribution in [0.5, 0.6) is 5.75 Å². The molecule has 0 aliphatic carbocycles. The van der Waals surface area contributed by atoms with Crippen molar-refractivity contribution < 1.29 is 14.8 Å². The van der Waals surface area contributed by atoms with Crippen LogP contribution in [0.15, 0.2) is 34.1 Å². The van der Waals surface area contributed by atoms with Gasteiger partial charge in [-0.05, 0) is 33.4 Å². The molecule has 7 heteroatoms. The molecule has 2 aromatic rings. The zero-order valence-electron chi connectivity index (χ0n) is 10.7. The molecule has 21 heavy (non-hydrogen) atoms. The Morgan fingerprint density at radius 1 is 1.43 bits per heavy atom. The smallest absolute Gasteiger partial charge is 0.312 e. The van der Waals surface area contributed by atoms with Gasteiger partial charge in [-0.2, -0.15) is 0 Å². The fourth-order valence-corrected chi connectivity index (χ4v) is 2.83. The minimum absolute atomic E-state index is 0.0936. The number of nitrogens with zero attached hydrogens (tertiary/aromatic N) is 1. The third-order valence-corrected chi connectivity index (χ3v) is 4.06. The van der Waals surface area contributed by atoms with Crippen LogP contribution in [0.3, 0.4) is 0 Å². The van der Waals surface area contributed by atoms with Crippen LogP contribution in [-0.2, 0) is 6.61 Å². The number of hydrogen-bond donors (Lipinski definition) is 1. The van der Waals surface area contributed by atoms with Crippen molar-refractivity contribution in [2.45, 2.75) is 6.61 Å². The van der Waals surface area contributed by atoms with Gasteiger partial charge < -0.3 is 9.84 Å². The molecule has 0 fully saturated rings. The van der Waals surface area contributed by atoms with Crippen LogP contribution >= 0.6 is 27.3 Å². The number of hydrogen-bond acceptors (Lipinski definition) is 5. The molecule has 2 rings (SSSR count). The van der Waals surface area contributed by atoms with Crippen LogP contribution < -0.4 is 4.74 Å². The lowest BCUT2D eigenvalue weighted by molar-refractivity contribution is -0.386. The SMILES string of the molecule is O=[N+]([O-])c1cccc(Br)c1OCc1sccc1C#CCO. The largest absolute Gasteiger partial charge is 0.480 e. The Hall–Kier alpha value is -1.88. The van der Waals surface area contributed by atoms with E-state index in [1.165, 1.54) is 17.4 Å². The van der Waals surface area contributed by atoms with Crippen LogP contribution in [0.4, 0.5) is 5.69 Å². The van der Waals surface area contributed by atoms with Crippen molar-refractivity contribution in [3.63, 3.8) is 0 Å². The van der Waals surface area contributed by atoms with Crippen molar-refractivity contribution in [2.75, 3.05) is 6.61 Å². The van der Waals surface area contributed by atoms with Gasteiger partial charge in [0.15, 0.2) is 0 Å². The molecule has 0 saturated heterocycles. The monoisotopic (exact) mass is 367 g/mol. The van der Waals surface area contributed by atoms with E-state index >= 15 is 0 Å². The molecule has 5 nitrogen and oxygen atoms in total. The second-order valence-corrected chi connectivity index (χ2v) is 5.71. The molecule has 1 aromatic heterocycles. The molecular formula is C14H10BrNO4S. The van der Waals surface area contributed by atoms with Crippen LogP contribution in [-0.4, -0.2) is 16.6 Å². The molecule has 0 unspecified atom stereocenters. The summed E-state index contributed by atoms with van der Waals surface area (Å²) in [5.74, 6) is 5.58. The number of halogens is 1. The van der Waals surface area contributed by atoms with Crippen molar-refractivity contribution in [1.29, 1.82) is 0 Å². The quantitative estimate of drug-likeness (QED) is 0.510. The molecule has 1 aromatic carbocycles. The zero-order chi connectivity index (χ0) is 15.2. The summed E-state index contributed by atoms with van der Waals surface area (Å²) in [6.45, 7) is -0.0393. The summed E-state index contributed by atoms with van der Waals surface area (Å²) < 4.78 is 6.11. The fraction of sp³-hybridized carbons (Fsp3) is 0.143. The number of para-hydroxylation sites is 1. The first-order valence-electron chi connectivity index (χ1n) is 5.85. The minimum atomic E-state index is -0.485. The summed E-state index contributed by atoms with van der Waals surface area (Å²) >= 11 is 4.70. The van der Waals surface area contributed by atoms with Crippen molar-refractivity contribution in [3.8, 4) is 17.6 Å². The average molecular weight is 368 g/mol. The first kappa shape index (κ1) is 15.5. The highest BCUT2D eigenvalue weighted by Crippen LogP contribution is 2.35. The Labute approximate surface area is 133 Å². The van der Waals surface area contributed by atoms with E-state index in [-0.39, 0.29) is 24.7 Å². The van der Waals surface area contributed by atoms with Crippen LogP contribution in [0.2, 0.25) is 0 Å². The number of thiophene rings is 1. The number of nitro groups is 1. The van der Waals surface area contributed by atoms with Gasteiger partial charge in [0.2, 0.25) is 5.75 Å². The Morgan fingerprint density at radius 3 is 2.95 bits per heavy atom. The Morgan fingerprint density at radius 2 is 2.24 bits per heavy atom. The fourth-order valence-electron chi connectivity index (χ4n) is 1.62. The molecule has 0 bridgehead atoms. The maximum atomic E-state index is 11.0. The van der Waals surface area contributed by atoms with Gasteiger partial charge in [0.25, 0.3) is 0 Å². The number of aliphatic hydroxyl groups excluding tert-OH is 1. The van der Waals surface area contributed by atoms with E-state index in [4.69, 9.17) is 9.84 Å². The Bertz CT molecular complexity index is 717. The summed E-state index contributed by atoms with van der Waals surface area (Å²) in [5, 5.41) is 21.6. The number of ether oxygens (including phenoxy) is 1. The number of benzene rings is 1. The van der Waals surface area contributed by atoms with Crippen LogP contribution in [0.1, 0.15) is 10.4 Å².